The SMILES string of the molecule is NC(=NC(F)C(=O)O)c1nn(Cc2cncnc2)c2ncccc12. The van der Waals surface area contributed by atoms with Gasteiger partial charge in [0, 0.05) is 24.2 Å². The van der Waals surface area contributed by atoms with Crippen LogP contribution in [0.3, 0.4) is 0 Å². The second kappa shape index (κ2) is 6.36. The molecule has 0 saturated heterocycles. The van der Waals surface area contributed by atoms with Crippen LogP contribution < -0.4 is 5.73 Å². The van der Waals surface area contributed by atoms with Gasteiger partial charge in [0.1, 0.15) is 12.0 Å². The average molecular weight is 329 g/mol. The van der Waals surface area contributed by atoms with E-state index in [1.54, 1.807) is 35.4 Å². The fraction of sp³-hybridized carbons (Fsp3) is 0.143. The van der Waals surface area contributed by atoms with Crippen LogP contribution in [0.4, 0.5) is 4.39 Å². The van der Waals surface area contributed by atoms with E-state index in [1.165, 1.54) is 6.33 Å². The number of nitrogens with zero attached hydrogens (tertiary/aromatic N) is 6. The van der Waals surface area contributed by atoms with Crippen molar-refractivity contribution in [2.24, 2.45) is 10.7 Å². The number of fused-ring (bicyclic) bond motifs is 1. The standard InChI is InChI=1S/C14H12FN7O2/c15-11(14(23)24)20-12(16)10-9-2-1-3-19-13(9)22(21-10)6-8-4-17-7-18-5-8/h1-5,7,11H,6H2,(H2,16,20)(H,23,24). The number of aliphatic imine (C=N–C) groups is 1. The van der Waals surface area contributed by atoms with Crippen LogP contribution in [0.1, 0.15) is 11.3 Å². The Balaban J connectivity index is 2.05. The lowest BCUT2D eigenvalue weighted by atomic mass is 10.2. The molecule has 3 aromatic rings. The van der Waals surface area contributed by atoms with E-state index in [2.05, 4.69) is 25.0 Å². The monoisotopic (exact) mass is 329 g/mol. The minimum Gasteiger partial charge on any atom is -0.478 e. The number of carbonyl (C=O) groups is 1. The second-order valence-corrected chi connectivity index (χ2v) is 4.82. The van der Waals surface area contributed by atoms with Gasteiger partial charge in [-0.3, -0.25) is 0 Å². The lowest BCUT2D eigenvalue weighted by Crippen LogP contribution is -2.21. The van der Waals surface area contributed by atoms with Gasteiger partial charge in [0.05, 0.1) is 11.9 Å². The molecule has 0 saturated carbocycles. The first-order valence-corrected chi connectivity index (χ1v) is 6.82. The van der Waals surface area contributed by atoms with Crippen molar-refractivity contribution >= 4 is 22.8 Å². The quantitative estimate of drug-likeness (QED) is 0.392. The molecule has 0 aliphatic carbocycles. The zero-order chi connectivity index (χ0) is 17.1. The van der Waals surface area contributed by atoms with Crippen LogP contribution in [-0.2, 0) is 11.3 Å². The maximum Gasteiger partial charge on any atom is 0.361 e. The molecule has 1 unspecified atom stereocenters. The first-order valence-electron chi connectivity index (χ1n) is 6.82. The summed E-state index contributed by atoms with van der Waals surface area (Å²) in [7, 11) is 0. The van der Waals surface area contributed by atoms with E-state index in [4.69, 9.17) is 10.8 Å². The third kappa shape index (κ3) is 3.02. The third-order valence-electron chi connectivity index (χ3n) is 3.15. The van der Waals surface area contributed by atoms with Crippen molar-refractivity contribution in [3.8, 4) is 0 Å². The molecule has 3 N–H and O–H groups in total. The first kappa shape index (κ1) is 15.5. The van der Waals surface area contributed by atoms with Gasteiger partial charge in [-0.15, -0.1) is 0 Å². The summed E-state index contributed by atoms with van der Waals surface area (Å²) < 4.78 is 14.8. The molecule has 0 aliphatic heterocycles. The second-order valence-electron chi connectivity index (χ2n) is 4.82. The Morgan fingerprint density at radius 2 is 2.17 bits per heavy atom. The minimum absolute atomic E-state index is 0.166. The highest BCUT2D eigenvalue weighted by Crippen LogP contribution is 2.17. The van der Waals surface area contributed by atoms with Crippen molar-refractivity contribution in [1.82, 2.24) is 24.7 Å². The fourth-order valence-corrected chi connectivity index (χ4v) is 2.13. The predicted molar refractivity (Wildman–Crippen MR) is 81.9 cm³/mol. The number of amidine groups is 1. The van der Waals surface area contributed by atoms with Gasteiger partial charge in [0.2, 0.25) is 0 Å². The van der Waals surface area contributed by atoms with E-state index in [-0.39, 0.29) is 11.5 Å². The number of carboxylic acids is 1. The maximum absolute atomic E-state index is 13.3. The molecule has 0 amide bonds. The molecule has 3 rings (SSSR count). The number of halogens is 1. The Morgan fingerprint density at radius 1 is 1.42 bits per heavy atom. The topological polar surface area (TPSA) is 132 Å². The van der Waals surface area contributed by atoms with E-state index in [1.807, 2.05) is 0 Å². The number of hydrogen-bond donors (Lipinski definition) is 2. The van der Waals surface area contributed by atoms with Crippen molar-refractivity contribution in [3.05, 3.63) is 48.3 Å². The van der Waals surface area contributed by atoms with Gasteiger partial charge < -0.3 is 10.8 Å². The lowest BCUT2D eigenvalue weighted by molar-refractivity contribution is -0.142. The minimum atomic E-state index is -2.45. The van der Waals surface area contributed by atoms with Crippen molar-refractivity contribution in [1.29, 1.82) is 0 Å². The fourth-order valence-electron chi connectivity index (χ4n) is 2.13. The Hall–Kier alpha value is -3.43. The highest BCUT2D eigenvalue weighted by molar-refractivity contribution is 6.06. The van der Waals surface area contributed by atoms with Gasteiger partial charge in [0.25, 0.3) is 6.30 Å². The molecule has 0 aliphatic rings. The van der Waals surface area contributed by atoms with E-state index in [0.717, 1.165) is 5.56 Å². The molecule has 0 aromatic carbocycles. The summed E-state index contributed by atoms with van der Waals surface area (Å²) in [5.74, 6) is -2.03. The molecule has 0 fully saturated rings. The summed E-state index contributed by atoms with van der Waals surface area (Å²) in [4.78, 5) is 26.0. The molecule has 3 aromatic heterocycles. The molecule has 1 atom stereocenters. The van der Waals surface area contributed by atoms with Crippen LogP contribution in [0.2, 0.25) is 0 Å². The molecule has 10 heteroatoms. The Bertz CT molecular complexity index is 910. The number of nitrogens with two attached hydrogens (primary N) is 1. The van der Waals surface area contributed by atoms with Gasteiger partial charge in [-0.25, -0.2) is 33.8 Å². The summed E-state index contributed by atoms with van der Waals surface area (Å²) in [6.07, 6.45) is 3.79. The van der Waals surface area contributed by atoms with E-state index in [9.17, 15) is 9.18 Å². The predicted octanol–water partition coefficient (Wildman–Crippen LogP) is 0.355. The summed E-state index contributed by atoms with van der Waals surface area (Å²) in [6.45, 7) is 0.319. The van der Waals surface area contributed by atoms with Gasteiger partial charge in [-0.1, -0.05) is 0 Å². The molecule has 3 heterocycles. The molecule has 122 valence electrons. The molecule has 0 spiro atoms. The average Bonchev–Trinajstić information content (AvgIpc) is 2.94. The van der Waals surface area contributed by atoms with Crippen molar-refractivity contribution < 1.29 is 14.3 Å². The largest absolute Gasteiger partial charge is 0.478 e. The third-order valence-corrected chi connectivity index (χ3v) is 3.15. The van der Waals surface area contributed by atoms with Gasteiger partial charge in [-0.2, -0.15) is 5.10 Å². The molecule has 24 heavy (non-hydrogen) atoms. The zero-order valence-corrected chi connectivity index (χ0v) is 12.2. The molecular formula is C14H12FN7O2. The van der Waals surface area contributed by atoms with Crippen LogP contribution in [0, 0.1) is 0 Å². The smallest absolute Gasteiger partial charge is 0.361 e. The number of hydrogen-bond acceptors (Lipinski definition) is 6. The zero-order valence-electron chi connectivity index (χ0n) is 12.2. The summed E-state index contributed by atoms with van der Waals surface area (Å²) in [5.41, 5.74) is 7.17. The first-order chi connectivity index (χ1) is 11.6. The van der Waals surface area contributed by atoms with Gasteiger partial charge in [0.15, 0.2) is 11.5 Å². The number of pyridine rings is 1. The van der Waals surface area contributed by atoms with Gasteiger partial charge in [-0.05, 0) is 12.1 Å². The van der Waals surface area contributed by atoms with Crippen molar-refractivity contribution in [2.45, 2.75) is 12.8 Å². The lowest BCUT2D eigenvalue weighted by Gasteiger charge is -2.01. The van der Waals surface area contributed by atoms with Crippen LogP contribution >= 0.6 is 0 Å². The van der Waals surface area contributed by atoms with E-state index < -0.39 is 12.3 Å². The molecule has 9 nitrogen and oxygen atoms in total. The number of rotatable bonds is 5. The Morgan fingerprint density at radius 3 is 2.88 bits per heavy atom. The van der Waals surface area contributed by atoms with Crippen LogP contribution in [0.15, 0.2) is 42.0 Å². The van der Waals surface area contributed by atoms with Gasteiger partial charge >= 0.3 is 5.97 Å². The number of alkyl halides is 1. The van der Waals surface area contributed by atoms with Crippen LogP contribution in [0.5, 0.6) is 0 Å². The number of aliphatic carboxylic acids is 1. The van der Waals surface area contributed by atoms with E-state index >= 15 is 0 Å². The maximum atomic E-state index is 13.3. The molecule has 0 bridgehead atoms. The Kier molecular flexibility index (Phi) is 4.10. The summed E-state index contributed by atoms with van der Waals surface area (Å²) in [6, 6.07) is 3.36. The number of aromatic nitrogens is 5. The molecule has 0 radical (unpaired) electrons. The summed E-state index contributed by atoms with van der Waals surface area (Å²) in [5, 5.41) is 13.4. The van der Waals surface area contributed by atoms with Crippen LogP contribution in [-0.4, -0.2) is 47.9 Å². The van der Waals surface area contributed by atoms with Crippen LogP contribution in [0.25, 0.3) is 11.0 Å². The highest BCUT2D eigenvalue weighted by atomic mass is 19.1. The molecular weight excluding hydrogens is 317 g/mol. The van der Waals surface area contributed by atoms with Crippen molar-refractivity contribution in [3.63, 3.8) is 0 Å². The van der Waals surface area contributed by atoms with E-state index in [0.29, 0.717) is 17.6 Å². The highest BCUT2D eigenvalue weighted by Gasteiger charge is 2.19. The number of carboxylic acid groups (broad SMARTS) is 1. The summed E-state index contributed by atoms with van der Waals surface area (Å²) >= 11 is 0. The van der Waals surface area contributed by atoms with Crippen molar-refractivity contribution in [2.75, 3.05) is 0 Å². The Labute approximate surface area is 134 Å². The normalized spacial score (nSPS) is 13.1.